The maximum Gasteiger partial charge on any atom is 0.222 e. The van der Waals surface area contributed by atoms with Crippen molar-refractivity contribution in [2.45, 2.75) is 33.2 Å². The highest BCUT2D eigenvalue weighted by Crippen LogP contribution is 2.06. The predicted octanol–water partition coefficient (Wildman–Crippen LogP) is 1.80. The first-order valence-corrected chi connectivity index (χ1v) is 8.11. The molecule has 0 aliphatic rings. The van der Waals surface area contributed by atoms with Gasteiger partial charge in [-0.05, 0) is 45.1 Å². The number of benzene rings is 1. The van der Waals surface area contributed by atoms with E-state index < -0.39 is 0 Å². The first-order valence-electron chi connectivity index (χ1n) is 8.11. The second kappa shape index (κ2) is 10.0. The molecule has 0 fully saturated rings. The highest BCUT2D eigenvalue weighted by Gasteiger charge is 2.11. The SMILES string of the molecule is CC(=O)N(CCCN(C)C)CCC(=O)NCc1ccccc1C. The van der Waals surface area contributed by atoms with Gasteiger partial charge in [0.1, 0.15) is 0 Å². The minimum Gasteiger partial charge on any atom is -0.352 e. The fourth-order valence-corrected chi connectivity index (χ4v) is 2.33. The third-order valence-corrected chi connectivity index (χ3v) is 3.82. The van der Waals surface area contributed by atoms with Crippen LogP contribution in [0.1, 0.15) is 30.9 Å². The van der Waals surface area contributed by atoms with E-state index in [1.807, 2.05) is 45.3 Å². The Labute approximate surface area is 139 Å². The van der Waals surface area contributed by atoms with E-state index in [0.29, 0.717) is 26.1 Å². The number of hydrogen-bond acceptors (Lipinski definition) is 3. The molecule has 0 saturated carbocycles. The molecule has 0 atom stereocenters. The largest absolute Gasteiger partial charge is 0.352 e. The van der Waals surface area contributed by atoms with E-state index in [1.54, 1.807) is 11.8 Å². The van der Waals surface area contributed by atoms with Gasteiger partial charge >= 0.3 is 0 Å². The molecular weight excluding hydrogens is 290 g/mol. The third kappa shape index (κ3) is 7.79. The molecule has 5 heteroatoms. The molecular formula is C18H29N3O2. The van der Waals surface area contributed by atoms with E-state index in [1.165, 1.54) is 5.56 Å². The van der Waals surface area contributed by atoms with Crippen LogP contribution in [0.25, 0.3) is 0 Å². The van der Waals surface area contributed by atoms with E-state index in [0.717, 1.165) is 18.5 Å². The molecule has 2 amide bonds. The van der Waals surface area contributed by atoms with Gasteiger partial charge in [0.25, 0.3) is 0 Å². The van der Waals surface area contributed by atoms with Gasteiger partial charge in [-0.1, -0.05) is 24.3 Å². The number of rotatable bonds is 9. The fraction of sp³-hybridized carbons (Fsp3) is 0.556. The number of amides is 2. The summed E-state index contributed by atoms with van der Waals surface area (Å²) < 4.78 is 0. The highest BCUT2D eigenvalue weighted by atomic mass is 16.2. The van der Waals surface area contributed by atoms with Crippen LogP contribution < -0.4 is 5.32 Å². The van der Waals surface area contributed by atoms with Crippen LogP contribution in [0.5, 0.6) is 0 Å². The molecule has 0 radical (unpaired) electrons. The molecule has 1 aromatic carbocycles. The quantitative estimate of drug-likeness (QED) is 0.755. The van der Waals surface area contributed by atoms with Crippen LogP contribution >= 0.6 is 0 Å². The molecule has 0 unspecified atom stereocenters. The summed E-state index contributed by atoms with van der Waals surface area (Å²) in [6.07, 6.45) is 1.25. The van der Waals surface area contributed by atoms with Crippen LogP contribution in [-0.2, 0) is 16.1 Å². The zero-order valence-electron chi connectivity index (χ0n) is 14.8. The average molecular weight is 319 g/mol. The third-order valence-electron chi connectivity index (χ3n) is 3.82. The van der Waals surface area contributed by atoms with Crippen LogP contribution in [0.3, 0.4) is 0 Å². The van der Waals surface area contributed by atoms with Gasteiger partial charge in [0.2, 0.25) is 11.8 Å². The summed E-state index contributed by atoms with van der Waals surface area (Å²) in [5.41, 5.74) is 2.29. The van der Waals surface area contributed by atoms with Gasteiger partial charge in [0, 0.05) is 33.0 Å². The van der Waals surface area contributed by atoms with Crippen molar-refractivity contribution in [1.29, 1.82) is 0 Å². The van der Waals surface area contributed by atoms with Crippen molar-refractivity contribution in [3.05, 3.63) is 35.4 Å². The Bertz CT molecular complexity index is 515. The molecule has 128 valence electrons. The maximum atomic E-state index is 12.0. The molecule has 5 nitrogen and oxygen atoms in total. The molecule has 0 heterocycles. The lowest BCUT2D eigenvalue weighted by atomic mass is 10.1. The smallest absolute Gasteiger partial charge is 0.222 e. The van der Waals surface area contributed by atoms with Crippen molar-refractivity contribution in [3.8, 4) is 0 Å². The molecule has 0 saturated heterocycles. The van der Waals surface area contributed by atoms with Gasteiger partial charge in [0.05, 0.1) is 0 Å². The van der Waals surface area contributed by atoms with E-state index in [-0.39, 0.29) is 11.8 Å². The Kier molecular flexibility index (Phi) is 8.33. The molecule has 0 bridgehead atoms. The molecule has 1 rings (SSSR count). The average Bonchev–Trinajstić information content (AvgIpc) is 2.49. The summed E-state index contributed by atoms with van der Waals surface area (Å²) in [6, 6.07) is 8.00. The number of nitrogens with one attached hydrogen (secondary N) is 1. The number of aryl methyl sites for hydroxylation is 1. The molecule has 1 aromatic rings. The molecule has 23 heavy (non-hydrogen) atoms. The monoisotopic (exact) mass is 319 g/mol. The normalized spacial score (nSPS) is 10.7. The lowest BCUT2D eigenvalue weighted by Gasteiger charge is -2.21. The Morgan fingerprint density at radius 3 is 2.39 bits per heavy atom. The van der Waals surface area contributed by atoms with Gasteiger partial charge in [-0.3, -0.25) is 9.59 Å². The highest BCUT2D eigenvalue weighted by molar-refractivity contribution is 5.78. The summed E-state index contributed by atoms with van der Waals surface area (Å²) in [7, 11) is 4.02. The van der Waals surface area contributed by atoms with Gasteiger partial charge in [0.15, 0.2) is 0 Å². The van der Waals surface area contributed by atoms with E-state index in [4.69, 9.17) is 0 Å². The number of carbonyl (C=O) groups is 2. The standard InChI is InChI=1S/C18H29N3O2/c1-15-8-5-6-9-17(15)14-19-18(23)10-13-21(16(2)22)12-7-11-20(3)4/h5-6,8-9H,7,10-14H2,1-4H3,(H,19,23). The van der Waals surface area contributed by atoms with Crippen molar-refractivity contribution < 1.29 is 9.59 Å². The minimum atomic E-state index is -0.0212. The van der Waals surface area contributed by atoms with Crippen LogP contribution in [0.2, 0.25) is 0 Å². The zero-order valence-corrected chi connectivity index (χ0v) is 14.8. The fourth-order valence-electron chi connectivity index (χ4n) is 2.33. The molecule has 1 N–H and O–H groups in total. The predicted molar refractivity (Wildman–Crippen MR) is 93.1 cm³/mol. The lowest BCUT2D eigenvalue weighted by molar-refractivity contribution is -0.129. The van der Waals surface area contributed by atoms with Crippen molar-refractivity contribution in [2.24, 2.45) is 0 Å². The summed E-state index contributed by atoms with van der Waals surface area (Å²) in [5, 5.41) is 2.92. The summed E-state index contributed by atoms with van der Waals surface area (Å²) in [5.74, 6) is 0.00238. The van der Waals surface area contributed by atoms with Crippen LogP contribution in [0.15, 0.2) is 24.3 Å². The van der Waals surface area contributed by atoms with Gasteiger partial charge in [-0.2, -0.15) is 0 Å². The van der Waals surface area contributed by atoms with Gasteiger partial charge < -0.3 is 15.1 Å². The van der Waals surface area contributed by atoms with Crippen LogP contribution in [0.4, 0.5) is 0 Å². The lowest BCUT2D eigenvalue weighted by Crippen LogP contribution is -2.35. The van der Waals surface area contributed by atoms with Crippen molar-refractivity contribution in [2.75, 3.05) is 33.7 Å². The Morgan fingerprint density at radius 1 is 1.09 bits per heavy atom. The van der Waals surface area contributed by atoms with Crippen molar-refractivity contribution >= 4 is 11.8 Å². The Morgan fingerprint density at radius 2 is 1.78 bits per heavy atom. The molecule has 0 aromatic heterocycles. The Balaban J connectivity index is 2.34. The Hall–Kier alpha value is -1.88. The second-order valence-electron chi connectivity index (χ2n) is 6.12. The van der Waals surface area contributed by atoms with Gasteiger partial charge in [-0.25, -0.2) is 0 Å². The van der Waals surface area contributed by atoms with Crippen LogP contribution in [-0.4, -0.2) is 55.3 Å². The van der Waals surface area contributed by atoms with Crippen molar-refractivity contribution in [1.82, 2.24) is 15.1 Å². The van der Waals surface area contributed by atoms with E-state index >= 15 is 0 Å². The maximum absolute atomic E-state index is 12.0. The van der Waals surface area contributed by atoms with Gasteiger partial charge in [-0.15, -0.1) is 0 Å². The first kappa shape index (κ1) is 19.2. The summed E-state index contributed by atoms with van der Waals surface area (Å²) >= 11 is 0. The second-order valence-corrected chi connectivity index (χ2v) is 6.12. The topological polar surface area (TPSA) is 52.7 Å². The summed E-state index contributed by atoms with van der Waals surface area (Å²) in [4.78, 5) is 27.5. The van der Waals surface area contributed by atoms with E-state index in [9.17, 15) is 9.59 Å². The number of nitrogens with zero attached hydrogens (tertiary/aromatic N) is 2. The summed E-state index contributed by atoms with van der Waals surface area (Å²) in [6.45, 7) is 6.22. The van der Waals surface area contributed by atoms with Crippen molar-refractivity contribution in [3.63, 3.8) is 0 Å². The number of hydrogen-bond donors (Lipinski definition) is 1. The first-order chi connectivity index (χ1) is 10.9. The molecule has 0 spiro atoms. The van der Waals surface area contributed by atoms with E-state index in [2.05, 4.69) is 10.2 Å². The zero-order chi connectivity index (χ0) is 17.2. The molecule has 0 aliphatic carbocycles. The van der Waals surface area contributed by atoms with Crippen LogP contribution in [0, 0.1) is 6.92 Å². The molecule has 0 aliphatic heterocycles. The number of carbonyl (C=O) groups excluding carboxylic acids is 2. The minimum absolute atomic E-state index is 0.0212.